The smallest absolute Gasteiger partial charge is 0.293 e. The van der Waals surface area contributed by atoms with Crippen molar-refractivity contribution in [2.45, 2.75) is 20.0 Å². The zero-order valence-corrected chi connectivity index (χ0v) is 17.3. The molecule has 1 heterocycles. The Bertz CT molecular complexity index is 873. The van der Waals surface area contributed by atoms with E-state index in [0.717, 1.165) is 25.3 Å². The zero-order chi connectivity index (χ0) is 21.5. The summed E-state index contributed by atoms with van der Waals surface area (Å²) in [5.74, 6) is 0.218. The molecular formula is C22H28N4O4. The standard InChI is InChI=1S/C22H28N4O4/c1-16(2)14-25-10-11-30-19(15-25)13-23-22(27)17-8-9-20(21(12-17)26(28)29)24-18-6-4-3-5-7-18/h3-9,12,16,19,24H,10-11,13-15H2,1-2H3,(H,23,27). The summed E-state index contributed by atoms with van der Waals surface area (Å²) < 4.78 is 5.75. The second-order valence-corrected chi connectivity index (χ2v) is 7.84. The number of morpholine rings is 1. The molecule has 8 nitrogen and oxygen atoms in total. The van der Waals surface area contributed by atoms with Crippen molar-refractivity contribution >= 4 is 23.0 Å². The van der Waals surface area contributed by atoms with E-state index in [1.54, 1.807) is 12.1 Å². The lowest BCUT2D eigenvalue weighted by atomic mass is 10.1. The number of rotatable bonds is 8. The van der Waals surface area contributed by atoms with Crippen molar-refractivity contribution in [3.05, 3.63) is 64.2 Å². The van der Waals surface area contributed by atoms with Gasteiger partial charge in [0, 0.05) is 43.5 Å². The van der Waals surface area contributed by atoms with Crippen LogP contribution in [0.4, 0.5) is 17.1 Å². The summed E-state index contributed by atoms with van der Waals surface area (Å²) in [5, 5.41) is 17.4. The molecule has 0 radical (unpaired) electrons. The molecule has 0 aromatic heterocycles. The summed E-state index contributed by atoms with van der Waals surface area (Å²) in [4.78, 5) is 25.9. The predicted octanol–water partition coefficient (Wildman–Crippen LogP) is 3.43. The Morgan fingerprint density at radius 2 is 2.03 bits per heavy atom. The Labute approximate surface area is 176 Å². The van der Waals surface area contributed by atoms with E-state index in [2.05, 4.69) is 29.4 Å². The van der Waals surface area contributed by atoms with Crippen molar-refractivity contribution in [3.8, 4) is 0 Å². The van der Waals surface area contributed by atoms with Gasteiger partial charge in [-0.3, -0.25) is 19.8 Å². The summed E-state index contributed by atoms with van der Waals surface area (Å²) in [6.45, 7) is 8.01. The average molecular weight is 412 g/mol. The van der Waals surface area contributed by atoms with Crippen LogP contribution in [0, 0.1) is 16.0 Å². The number of benzene rings is 2. The van der Waals surface area contributed by atoms with Gasteiger partial charge in [-0.2, -0.15) is 0 Å². The molecule has 0 aliphatic carbocycles. The fourth-order valence-corrected chi connectivity index (χ4v) is 3.50. The molecule has 1 aliphatic rings. The molecule has 0 bridgehead atoms. The maximum absolute atomic E-state index is 12.6. The normalized spacial score (nSPS) is 17.0. The molecule has 30 heavy (non-hydrogen) atoms. The van der Waals surface area contributed by atoms with E-state index in [9.17, 15) is 14.9 Å². The van der Waals surface area contributed by atoms with Gasteiger partial charge < -0.3 is 15.4 Å². The van der Waals surface area contributed by atoms with Crippen LogP contribution in [0.5, 0.6) is 0 Å². The molecule has 2 aromatic rings. The van der Waals surface area contributed by atoms with Gasteiger partial charge in [-0.1, -0.05) is 32.0 Å². The molecule has 1 unspecified atom stereocenters. The van der Waals surface area contributed by atoms with E-state index in [4.69, 9.17) is 4.74 Å². The summed E-state index contributed by atoms with van der Waals surface area (Å²) in [5.41, 5.74) is 1.17. The number of nitrogens with one attached hydrogen (secondary N) is 2. The molecule has 8 heteroatoms. The Morgan fingerprint density at radius 3 is 2.73 bits per heavy atom. The number of amides is 1. The summed E-state index contributed by atoms with van der Waals surface area (Å²) >= 11 is 0. The fourth-order valence-electron chi connectivity index (χ4n) is 3.50. The first kappa shape index (κ1) is 21.7. The van der Waals surface area contributed by atoms with E-state index in [0.29, 0.717) is 24.8 Å². The van der Waals surface area contributed by atoms with Crippen LogP contribution < -0.4 is 10.6 Å². The van der Waals surface area contributed by atoms with Gasteiger partial charge in [0.1, 0.15) is 5.69 Å². The van der Waals surface area contributed by atoms with Crippen LogP contribution in [-0.4, -0.2) is 54.6 Å². The summed E-state index contributed by atoms with van der Waals surface area (Å²) in [6, 6.07) is 13.6. The van der Waals surface area contributed by atoms with Gasteiger partial charge >= 0.3 is 0 Å². The molecule has 160 valence electrons. The number of para-hydroxylation sites is 1. The van der Waals surface area contributed by atoms with Gasteiger partial charge in [-0.15, -0.1) is 0 Å². The number of carbonyl (C=O) groups is 1. The van der Waals surface area contributed by atoms with Gasteiger partial charge in [0.15, 0.2) is 0 Å². The van der Waals surface area contributed by atoms with Crippen LogP contribution in [0.3, 0.4) is 0 Å². The molecule has 2 aromatic carbocycles. The predicted molar refractivity (Wildman–Crippen MR) is 116 cm³/mol. The number of anilines is 2. The number of nitrogens with zero attached hydrogens (tertiary/aromatic N) is 2. The van der Waals surface area contributed by atoms with Crippen molar-refractivity contribution in [1.82, 2.24) is 10.2 Å². The Hall–Kier alpha value is -2.97. The van der Waals surface area contributed by atoms with Crippen molar-refractivity contribution in [3.63, 3.8) is 0 Å². The van der Waals surface area contributed by atoms with Gasteiger partial charge in [0.05, 0.1) is 17.6 Å². The molecule has 3 rings (SSSR count). The van der Waals surface area contributed by atoms with Crippen LogP contribution in [-0.2, 0) is 4.74 Å². The zero-order valence-electron chi connectivity index (χ0n) is 17.3. The number of nitro benzene ring substituents is 1. The molecule has 0 spiro atoms. The van der Waals surface area contributed by atoms with Crippen LogP contribution in [0.1, 0.15) is 24.2 Å². The number of hydrogen-bond acceptors (Lipinski definition) is 6. The minimum Gasteiger partial charge on any atom is -0.374 e. The van der Waals surface area contributed by atoms with Gasteiger partial charge in [-0.25, -0.2) is 0 Å². The lowest BCUT2D eigenvalue weighted by Crippen LogP contribution is -2.48. The molecular weight excluding hydrogens is 384 g/mol. The van der Waals surface area contributed by atoms with Crippen LogP contribution in [0.15, 0.2) is 48.5 Å². The minimum atomic E-state index is -0.490. The van der Waals surface area contributed by atoms with E-state index in [1.165, 1.54) is 6.07 Å². The van der Waals surface area contributed by atoms with E-state index >= 15 is 0 Å². The van der Waals surface area contributed by atoms with Crippen molar-refractivity contribution < 1.29 is 14.5 Å². The SMILES string of the molecule is CC(C)CN1CCOC(CNC(=O)c2ccc(Nc3ccccc3)c([N+](=O)[O-])c2)C1. The van der Waals surface area contributed by atoms with E-state index in [1.807, 2.05) is 30.3 Å². The second-order valence-electron chi connectivity index (χ2n) is 7.84. The lowest BCUT2D eigenvalue weighted by molar-refractivity contribution is -0.383. The highest BCUT2D eigenvalue weighted by Gasteiger charge is 2.23. The van der Waals surface area contributed by atoms with E-state index < -0.39 is 4.92 Å². The highest BCUT2D eigenvalue weighted by atomic mass is 16.6. The second kappa shape index (κ2) is 10.2. The van der Waals surface area contributed by atoms with Crippen LogP contribution >= 0.6 is 0 Å². The van der Waals surface area contributed by atoms with Gasteiger partial charge in [0.2, 0.25) is 0 Å². The monoisotopic (exact) mass is 412 g/mol. The molecule has 1 atom stereocenters. The highest BCUT2D eigenvalue weighted by Crippen LogP contribution is 2.28. The average Bonchev–Trinajstić information content (AvgIpc) is 2.72. The molecule has 1 fully saturated rings. The maximum Gasteiger partial charge on any atom is 0.293 e. The quantitative estimate of drug-likeness (QED) is 0.509. The highest BCUT2D eigenvalue weighted by molar-refractivity contribution is 5.96. The van der Waals surface area contributed by atoms with Crippen molar-refractivity contribution in [1.29, 1.82) is 0 Å². The van der Waals surface area contributed by atoms with Crippen molar-refractivity contribution in [2.24, 2.45) is 5.92 Å². The van der Waals surface area contributed by atoms with Gasteiger partial charge in [0.25, 0.3) is 11.6 Å². The number of nitro groups is 1. The molecule has 0 saturated carbocycles. The fraction of sp³-hybridized carbons (Fsp3) is 0.409. The number of carbonyl (C=O) groups excluding carboxylic acids is 1. The third-order valence-electron chi connectivity index (χ3n) is 4.85. The van der Waals surface area contributed by atoms with Gasteiger partial charge in [-0.05, 0) is 30.2 Å². The topological polar surface area (TPSA) is 96.7 Å². The number of hydrogen-bond donors (Lipinski definition) is 2. The Balaban J connectivity index is 1.63. The third kappa shape index (κ3) is 6.01. The van der Waals surface area contributed by atoms with E-state index in [-0.39, 0.29) is 23.3 Å². The molecule has 1 saturated heterocycles. The first-order valence-corrected chi connectivity index (χ1v) is 10.1. The summed E-state index contributed by atoms with van der Waals surface area (Å²) in [7, 11) is 0. The Kier molecular flexibility index (Phi) is 7.37. The maximum atomic E-state index is 12.6. The molecule has 1 aliphatic heterocycles. The molecule has 1 amide bonds. The first-order chi connectivity index (χ1) is 14.4. The minimum absolute atomic E-state index is 0.0875. The molecule has 2 N–H and O–H groups in total. The van der Waals surface area contributed by atoms with Crippen LogP contribution in [0.25, 0.3) is 0 Å². The largest absolute Gasteiger partial charge is 0.374 e. The van der Waals surface area contributed by atoms with Crippen molar-refractivity contribution in [2.75, 3.05) is 38.1 Å². The summed E-state index contributed by atoms with van der Waals surface area (Å²) in [6.07, 6.45) is -0.0875. The Morgan fingerprint density at radius 1 is 1.27 bits per heavy atom. The van der Waals surface area contributed by atoms with Crippen LogP contribution in [0.2, 0.25) is 0 Å². The third-order valence-corrected chi connectivity index (χ3v) is 4.85. The first-order valence-electron chi connectivity index (χ1n) is 10.1. The lowest BCUT2D eigenvalue weighted by Gasteiger charge is -2.33. The number of ether oxygens (including phenoxy) is 1.